The predicted octanol–water partition coefficient (Wildman–Crippen LogP) is 4.90. The van der Waals surface area contributed by atoms with E-state index in [4.69, 9.17) is 13.9 Å². The molecule has 1 aromatic heterocycles. The van der Waals surface area contributed by atoms with Crippen molar-refractivity contribution in [1.29, 1.82) is 0 Å². The molecule has 0 fully saturated rings. The molecule has 6 nitrogen and oxygen atoms in total. The first kappa shape index (κ1) is 23.2. The molecule has 0 N–H and O–H groups in total. The Morgan fingerprint density at radius 1 is 1.00 bits per heavy atom. The summed E-state index contributed by atoms with van der Waals surface area (Å²) in [4.78, 5) is 28.1. The van der Waals surface area contributed by atoms with Gasteiger partial charge < -0.3 is 13.9 Å². The summed E-state index contributed by atoms with van der Waals surface area (Å²) in [5.41, 5.74) is 1.14. The predicted molar refractivity (Wildman–Crippen MR) is 122 cm³/mol. The number of ether oxygens (including phenoxy) is 2. The van der Waals surface area contributed by atoms with Crippen molar-refractivity contribution < 1.29 is 23.5 Å². The molecular formula is C24H29NO5S. The minimum Gasteiger partial charge on any atom is -0.491 e. The SMILES string of the molecule is CC(C)OCCCN1C(=O)C(SCc2ccco2)=C(c2ccc(OC(C)C)cc2)C1=O. The monoisotopic (exact) mass is 443 g/mol. The molecule has 0 saturated carbocycles. The molecule has 31 heavy (non-hydrogen) atoms. The molecule has 0 saturated heterocycles. The van der Waals surface area contributed by atoms with E-state index in [1.54, 1.807) is 12.3 Å². The summed E-state index contributed by atoms with van der Waals surface area (Å²) in [5, 5.41) is 0. The zero-order valence-corrected chi connectivity index (χ0v) is 19.2. The number of carbonyl (C=O) groups is 2. The lowest BCUT2D eigenvalue weighted by atomic mass is 10.1. The van der Waals surface area contributed by atoms with Gasteiger partial charge in [0.2, 0.25) is 0 Å². The third-order valence-corrected chi connectivity index (χ3v) is 5.65. The number of rotatable bonds is 11. The minimum absolute atomic E-state index is 0.0581. The van der Waals surface area contributed by atoms with Gasteiger partial charge >= 0.3 is 0 Å². The van der Waals surface area contributed by atoms with E-state index in [-0.39, 0.29) is 24.0 Å². The highest BCUT2D eigenvalue weighted by Gasteiger charge is 2.38. The molecule has 0 bridgehead atoms. The second-order valence-corrected chi connectivity index (χ2v) is 8.78. The van der Waals surface area contributed by atoms with Crippen molar-refractivity contribution in [2.24, 2.45) is 0 Å². The van der Waals surface area contributed by atoms with E-state index in [2.05, 4.69) is 0 Å². The highest BCUT2D eigenvalue weighted by atomic mass is 32.2. The Hall–Kier alpha value is -2.51. The van der Waals surface area contributed by atoms with Gasteiger partial charge in [-0.25, -0.2) is 0 Å². The Morgan fingerprint density at radius 3 is 2.35 bits per heavy atom. The number of carbonyl (C=O) groups excluding carboxylic acids is 2. The molecule has 2 heterocycles. The zero-order chi connectivity index (χ0) is 22.4. The van der Waals surface area contributed by atoms with Crippen LogP contribution in [0, 0.1) is 0 Å². The second-order valence-electron chi connectivity index (χ2n) is 7.80. The van der Waals surface area contributed by atoms with E-state index in [9.17, 15) is 9.59 Å². The lowest BCUT2D eigenvalue weighted by Gasteiger charge is -2.16. The molecule has 0 aliphatic carbocycles. The molecule has 0 radical (unpaired) electrons. The molecule has 2 aromatic rings. The van der Waals surface area contributed by atoms with Crippen molar-refractivity contribution in [3.05, 3.63) is 58.9 Å². The van der Waals surface area contributed by atoms with Crippen LogP contribution in [0.5, 0.6) is 5.75 Å². The van der Waals surface area contributed by atoms with Crippen LogP contribution in [-0.4, -0.2) is 42.1 Å². The molecule has 1 aliphatic heterocycles. The van der Waals surface area contributed by atoms with Crippen molar-refractivity contribution in [3.8, 4) is 5.75 Å². The Morgan fingerprint density at radius 2 is 1.74 bits per heavy atom. The van der Waals surface area contributed by atoms with E-state index in [1.165, 1.54) is 16.7 Å². The summed E-state index contributed by atoms with van der Waals surface area (Å²) in [6.07, 6.45) is 2.37. The van der Waals surface area contributed by atoms with Gasteiger partial charge in [0.1, 0.15) is 11.5 Å². The minimum atomic E-state index is -0.269. The normalized spacial score (nSPS) is 14.5. The third kappa shape index (κ3) is 6.02. The van der Waals surface area contributed by atoms with Crippen LogP contribution in [0.2, 0.25) is 0 Å². The molecular weight excluding hydrogens is 414 g/mol. The summed E-state index contributed by atoms with van der Waals surface area (Å²) < 4.78 is 16.6. The van der Waals surface area contributed by atoms with Crippen molar-refractivity contribution in [1.82, 2.24) is 4.90 Å². The van der Waals surface area contributed by atoms with E-state index in [1.807, 2.05) is 58.0 Å². The average Bonchev–Trinajstić information content (AvgIpc) is 3.31. The Balaban J connectivity index is 1.82. The van der Waals surface area contributed by atoms with E-state index in [0.717, 1.165) is 11.5 Å². The van der Waals surface area contributed by atoms with Crippen molar-refractivity contribution in [2.45, 2.75) is 52.1 Å². The van der Waals surface area contributed by atoms with Crippen LogP contribution in [0.15, 0.2) is 52.0 Å². The van der Waals surface area contributed by atoms with Crippen LogP contribution in [0.25, 0.3) is 5.57 Å². The number of imide groups is 1. The first-order chi connectivity index (χ1) is 14.9. The van der Waals surface area contributed by atoms with Crippen molar-refractivity contribution in [3.63, 3.8) is 0 Å². The van der Waals surface area contributed by atoms with Crippen LogP contribution in [0.4, 0.5) is 0 Å². The van der Waals surface area contributed by atoms with Gasteiger partial charge in [0.25, 0.3) is 11.8 Å². The molecule has 0 spiro atoms. The highest BCUT2D eigenvalue weighted by Crippen LogP contribution is 2.38. The summed E-state index contributed by atoms with van der Waals surface area (Å²) in [7, 11) is 0. The summed E-state index contributed by atoms with van der Waals surface area (Å²) in [6.45, 7) is 8.66. The Bertz CT molecular complexity index is 916. The van der Waals surface area contributed by atoms with Gasteiger partial charge in [-0.3, -0.25) is 14.5 Å². The number of benzene rings is 1. The number of thioether (sulfide) groups is 1. The highest BCUT2D eigenvalue weighted by molar-refractivity contribution is 8.03. The van der Waals surface area contributed by atoms with Crippen LogP contribution >= 0.6 is 11.8 Å². The summed E-state index contributed by atoms with van der Waals surface area (Å²) in [6, 6.07) is 11.0. The molecule has 1 aliphatic rings. The third-order valence-electron chi connectivity index (χ3n) is 4.56. The quantitative estimate of drug-likeness (QED) is 0.364. The fourth-order valence-electron chi connectivity index (χ4n) is 3.20. The van der Waals surface area contributed by atoms with Crippen molar-refractivity contribution in [2.75, 3.05) is 13.2 Å². The van der Waals surface area contributed by atoms with Crippen LogP contribution < -0.4 is 4.74 Å². The Kier molecular flexibility index (Phi) is 7.98. The number of nitrogens with zero attached hydrogens (tertiary/aromatic N) is 1. The number of hydrogen-bond acceptors (Lipinski definition) is 6. The van der Waals surface area contributed by atoms with Gasteiger partial charge in [0.15, 0.2) is 0 Å². The maximum atomic E-state index is 13.2. The van der Waals surface area contributed by atoms with Gasteiger partial charge in [0, 0.05) is 13.2 Å². The van der Waals surface area contributed by atoms with Gasteiger partial charge in [0.05, 0.1) is 34.7 Å². The second kappa shape index (κ2) is 10.7. The number of hydrogen-bond donors (Lipinski definition) is 0. The van der Waals surface area contributed by atoms with Crippen LogP contribution in [0.1, 0.15) is 45.4 Å². The van der Waals surface area contributed by atoms with Crippen LogP contribution in [-0.2, 0) is 20.1 Å². The maximum absolute atomic E-state index is 13.2. The first-order valence-corrected chi connectivity index (χ1v) is 11.5. The van der Waals surface area contributed by atoms with Gasteiger partial charge in [-0.05, 0) is 63.9 Å². The average molecular weight is 444 g/mol. The number of furan rings is 1. The molecule has 2 amide bonds. The molecule has 1 aromatic carbocycles. The standard InChI is InChI=1S/C24H29NO5S/c1-16(2)28-14-6-12-25-23(26)21(18-8-10-19(11-9-18)30-17(3)4)22(24(25)27)31-15-20-7-5-13-29-20/h5,7-11,13,16-17H,6,12,14-15H2,1-4H3. The topological polar surface area (TPSA) is 69.0 Å². The summed E-state index contributed by atoms with van der Waals surface area (Å²) in [5.74, 6) is 1.42. The van der Waals surface area contributed by atoms with Crippen molar-refractivity contribution >= 4 is 29.1 Å². The fraction of sp³-hybridized carbons (Fsp3) is 0.417. The lowest BCUT2D eigenvalue weighted by molar-refractivity contribution is -0.136. The smallest absolute Gasteiger partial charge is 0.267 e. The molecule has 0 unspecified atom stereocenters. The number of amides is 2. The van der Waals surface area contributed by atoms with Gasteiger partial charge in [-0.15, -0.1) is 11.8 Å². The van der Waals surface area contributed by atoms with Crippen LogP contribution in [0.3, 0.4) is 0 Å². The van der Waals surface area contributed by atoms with E-state index >= 15 is 0 Å². The first-order valence-electron chi connectivity index (χ1n) is 10.5. The fourth-order valence-corrected chi connectivity index (χ4v) is 4.23. The van der Waals surface area contributed by atoms with E-state index in [0.29, 0.717) is 41.4 Å². The van der Waals surface area contributed by atoms with Gasteiger partial charge in [-0.2, -0.15) is 0 Å². The molecule has 0 atom stereocenters. The zero-order valence-electron chi connectivity index (χ0n) is 18.4. The molecule has 3 rings (SSSR count). The van der Waals surface area contributed by atoms with E-state index < -0.39 is 0 Å². The lowest BCUT2D eigenvalue weighted by Crippen LogP contribution is -2.33. The summed E-state index contributed by atoms with van der Waals surface area (Å²) >= 11 is 1.33. The van der Waals surface area contributed by atoms with Gasteiger partial charge in [-0.1, -0.05) is 12.1 Å². The Labute approximate surface area is 187 Å². The molecule has 7 heteroatoms. The maximum Gasteiger partial charge on any atom is 0.267 e. The molecule has 166 valence electrons. The largest absolute Gasteiger partial charge is 0.491 e.